The highest BCUT2D eigenvalue weighted by atomic mass is 35.5. The average Bonchev–Trinajstić information content (AvgIpc) is 3.07. The monoisotopic (exact) mass is 495 g/mol. The number of hydrogen-bond donors (Lipinski definition) is 2. The fourth-order valence-electron chi connectivity index (χ4n) is 2.68. The summed E-state index contributed by atoms with van der Waals surface area (Å²) in [6.45, 7) is 2.54. The number of aliphatic carboxylic acids is 1. The summed E-state index contributed by atoms with van der Waals surface area (Å²) in [4.78, 5) is 22.5. The molecule has 1 aliphatic heterocycles. The molecule has 1 amide bonds. The molecule has 1 fully saturated rings. The van der Waals surface area contributed by atoms with Gasteiger partial charge in [-0.3, -0.25) is 9.59 Å². The quantitative estimate of drug-likeness (QED) is 0.394. The van der Waals surface area contributed by atoms with Gasteiger partial charge >= 0.3 is 5.97 Å². The van der Waals surface area contributed by atoms with Gasteiger partial charge in [0.15, 0.2) is 16.7 Å². The summed E-state index contributed by atoms with van der Waals surface area (Å²) < 4.78 is 11.5. The summed E-state index contributed by atoms with van der Waals surface area (Å²) in [6.07, 6.45) is 1.21. The zero-order valence-electron chi connectivity index (χ0n) is 16.9. The lowest BCUT2D eigenvalue weighted by atomic mass is 10.2. The Labute approximate surface area is 198 Å². The number of amidine groups is 1. The molecule has 168 valence electrons. The number of rotatable bonds is 9. The van der Waals surface area contributed by atoms with Crippen molar-refractivity contribution in [3.63, 3.8) is 0 Å². The van der Waals surface area contributed by atoms with E-state index in [2.05, 4.69) is 15.5 Å². The maximum atomic E-state index is 11.7. The van der Waals surface area contributed by atoms with Crippen LogP contribution < -0.4 is 14.8 Å². The number of amides is 1. The first-order valence-corrected chi connectivity index (χ1v) is 11.1. The third-order valence-electron chi connectivity index (χ3n) is 4.16. The van der Waals surface area contributed by atoms with Gasteiger partial charge in [-0.1, -0.05) is 41.0 Å². The number of carboxylic acid groups (broad SMARTS) is 1. The molecule has 0 saturated carbocycles. The lowest BCUT2D eigenvalue weighted by Crippen LogP contribution is -2.26. The first kappa shape index (κ1) is 23.9. The molecule has 1 aliphatic rings. The van der Waals surface area contributed by atoms with Crippen molar-refractivity contribution in [3.05, 3.63) is 57.6 Å². The van der Waals surface area contributed by atoms with Crippen LogP contribution in [0.2, 0.25) is 10.0 Å². The van der Waals surface area contributed by atoms with Crippen LogP contribution >= 0.6 is 35.0 Å². The third kappa shape index (κ3) is 6.62. The average molecular weight is 496 g/mol. The first-order valence-electron chi connectivity index (χ1n) is 9.49. The zero-order valence-corrected chi connectivity index (χ0v) is 19.2. The van der Waals surface area contributed by atoms with Crippen molar-refractivity contribution in [1.29, 1.82) is 0 Å². The van der Waals surface area contributed by atoms with Crippen molar-refractivity contribution in [3.8, 4) is 11.5 Å². The fraction of sp³-hybridized carbons (Fsp3) is 0.238. The van der Waals surface area contributed by atoms with Gasteiger partial charge in [-0.05, 0) is 42.8 Å². The minimum Gasteiger partial charge on any atom is -0.490 e. The van der Waals surface area contributed by atoms with E-state index < -0.39 is 17.1 Å². The van der Waals surface area contributed by atoms with Gasteiger partial charge in [-0.15, -0.1) is 5.10 Å². The first-order chi connectivity index (χ1) is 15.4. The highest BCUT2D eigenvalue weighted by molar-refractivity contribution is 8.15. The molecule has 0 aromatic heterocycles. The smallest absolute Gasteiger partial charge is 0.305 e. The van der Waals surface area contributed by atoms with Crippen molar-refractivity contribution in [2.24, 2.45) is 10.2 Å². The number of hydrogen-bond acceptors (Lipinski definition) is 7. The molecule has 1 heterocycles. The third-order valence-corrected chi connectivity index (χ3v) is 5.82. The minimum atomic E-state index is -1.05. The standard InChI is InChI=1S/C21H19Cl2N3O5S/c1-2-30-17-7-12(10-24-26-21-25-20(29)18(32-21)9-19(27)28)3-6-16(17)31-11-13-4-5-14(22)8-15(13)23/h3-8,10,18H,2,9,11H2,1H3,(H,27,28)(H,25,26,29). The second-order valence-corrected chi connectivity index (χ2v) is 8.54. The number of thioether (sulfide) groups is 1. The van der Waals surface area contributed by atoms with Crippen molar-refractivity contribution >= 4 is 58.2 Å². The van der Waals surface area contributed by atoms with E-state index in [-0.39, 0.29) is 18.2 Å². The van der Waals surface area contributed by atoms with Crippen LogP contribution in [-0.2, 0) is 16.2 Å². The van der Waals surface area contributed by atoms with E-state index >= 15 is 0 Å². The Hall–Kier alpha value is -2.75. The molecule has 1 saturated heterocycles. The Morgan fingerprint density at radius 1 is 1.22 bits per heavy atom. The number of benzene rings is 2. The van der Waals surface area contributed by atoms with Crippen molar-refractivity contribution in [1.82, 2.24) is 5.32 Å². The molecule has 3 rings (SSSR count). The summed E-state index contributed by atoms with van der Waals surface area (Å²) in [5, 5.41) is 19.9. The van der Waals surface area contributed by atoms with E-state index in [1.807, 2.05) is 6.92 Å². The summed E-state index contributed by atoms with van der Waals surface area (Å²) in [7, 11) is 0. The molecule has 0 aliphatic carbocycles. The second-order valence-electron chi connectivity index (χ2n) is 6.51. The number of nitrogens with one attached hydrogen (secondary N) is 1. The molecule has 32 heavy (non-hydrogen) atoms. The van der Waals surface area contributed by atoms with E-state index in [0.29, 0.717) is 33.7 Å². The summed E-state index contributed by atoms with van der Waals surface area (Å²) in [5.74, 6) is -0.380. The van der Waals surface area contributed by atoms with Crippen molar-refractivity contribution < 1.29 is 24.2 Å². The van der Waals surface area contributed by atoms with Crippen LogP contribution in [0.15, 0.2) is 46.6 Å². The maximum absolute atomic E-state index is 11.7. The lowest BCUT2D eigenvalue weighted by molar-refractivity contribution is -0.138. The van der Waals surface area contributed by atoms with Crippen LogP contribution in [0.3, 0.4) is 0 Å². The van der Waals surface area contributed by atoms with E-state index in [9.17, 15) is 9.59 Å². The van der Waals surface area contributed by atoms with Gasteiger partial charge < -0.3 is 19.9 Å². The Bertz CT molecular complexity index is 1080. The van der Waals surface area contributed by atoms with E-state index in [4.69, 9.17) is 37.8 Å². The number of carbonyl (C=O) groups excluding carboxylic acids is 1. The molecule has 0 radical (unpaired) electrons. The highest BCUT2D eigenvalue weighted by Crippen LogP contribution is 2.30. The molecule has 0 spiro atoms. The van der Waals surface area contributed by atoms with Crippen molar-refractivity contribution in [2.45, 2.75) is 25.2 Å². The number of ether oxygens (including phenoxy) is 2. The molecule has 1 unspecified atom stereocenters. The summed E-state index contributed by atoms with van der Waals surface area (Å²) in [6, 6.07) is 10.5. The van der Waals surface area contributed by atoms with Crippen LogP contribution in [0.1, 0.15) is 24.5 Å². The largest absolute Gasteiger partial charge is 0.490 e. The highest BCUT2D eigenvalue weighted by Gasteiger charge is 2.32. The minimum absolute atomic E-state index is 0.242. The van der Waals surface area contributed by atoms with Crippen LogP contribution in [0.25, 0.3) is 0 Å². The van der Waals surface area contributed by atoms with Crippen LogP contribution in [0.4, 0.5) is 0 Å². The van der Waals surface area contributed by atoms with Gasteiger partial charge in [0.05, 0.1) is 19.2 Å². The zero-order chi connectivity index (χ0) is 23.1. The van der Waals surface area contributed by atoms with E-state index in [1.54, 1.807) is 36.4 Å². The van der Waals surface area contributed by atoms with Crippen LogP contribution in [0, 0.1) is 0 Å². The van der Waals surface area contributed by atoms with Crippen molar-refractivity contribution in [2.75, 3.05) is 6.61 Å². The summed E-state index contributed by atoms with van der Waals surface area (Å²) in [5.41, 5.74) is 1.49. The molecular formula is C21H19Cl2N3O5S. The number of nitrogens with zero attached hydrogens (tertiary/aromatic N) is 2. The molecule has 11 heteroatoms. The maximum Gasteiger partial charge on any atom is 0.305 e. The Balaban J connectivity index is 1.67. The van der Waals surface area contributed by atoms with Crippen LogP contribution in [-0.4, -0.2) is 40.2 Å². The molecule has 2 aromatic rings. The number of carboxylic acids is 1. The topological polar surface area (TPSA) is 110 Å². The molecule has 8 nitrogen and oxygen atoms in total. The molecular weight excluding hydrogens is 477 g/mol. The van der Waals surface area contributed by atoms with Gasteiger partial charge in [0.2, 0.25) is 5.91 Å². The van der Waals surface area contributed by atoms with Gasteiger partial charge in [0, 0.05) is 15.6 Å². The van der Waals surface area contributed by atoms with E-state index in [1.165, 1.54) is 6.21 Å². The Morgan fingerprint density at radius 2 is 2.03 bits per heavy atom. The predicted molar refractivity (Wildman–Crippen MR) is 125 cm³/mol. The Kier molecular flexibility index (Phi) is 8.38. The molecule has 0 bridgehead atoms. The van der Waals surface area contributed by atoms with Gasteiger partial charge in [0.1, 0.15) is 11.9 Å². The van der Waals surface area contributed by atoms with Gasteiger partial charge in [-0.25, -0.2) is 0 Å². The van der Waals surface area contributed by atoms with Gasteiger partial charge in [-0.2, -0.15) is 5.10 Å². The van der Waals surface area contributed by atoms with Crippen LogP contribution in [0.5, 0.6) is 11.5 Å². The lowest BCUT2D eigenvalue weighted by Gasteiger charge is -2.13. The SMILES string of the molecule is CCOc1cc(C=NN=C2NC(=O)C(CC(=O)O)S2)ccc1OCc1ccc(Cl)cc1Cl. The molecule has 2 aromatic carbocycles. The Morgan fingerprint density at radius 3 is 2.75 bits per heavy atom. The fourth-order valence-corrected chi connectivity index (χ4v) is 4.06. The molecule has 2 N–H and O–H groups in total. The normalized spacial score (nSPS) is 17.0. The number of halogens is 2. The molecule has 1 atom stereocenters. The second kappa shape index (κ2) is 11.2. The number of carbonyl (C=O) groups is 2. The predicted octanol–water partition coefficient (Wildman–Crippen LogP) is 4.37. The van der Waals surface area contributed by atoms with Gasteiger partial charge in [0.25, 0.3) is 0 Å². The van der Waals surface area contributed by atoms with E-state index in [0.717, 1.165) is 17.3 Å². The summed E-state index contributed by atoms with van der Waals surface area (Å²) >= 11 is 13.1.